The second-order valence-corrected chi connectivity index (χ2v) is 16.5. The van der Waals surface area contributed by atoms with Crippen LogP contribution in [-0.4, -0.2) is 0 Å². The number of nitrogens with zero attached hydrogens (tertiary/aromatic N) is 1. The number of hydrogen-bond donors (Lipinski definition) is 0. The fraction of sp³-hybridized carbons (Fsp3) is 0.0345. The summed E-state index contributed by atoms with van der Waals surface area (Å²) < 4.78 is 9.46. The van der Waals surface area contributed by atoms with Crippen LogP contribution < -0.4 is 4.90 Å². The number of hydrogen-bond acceptors (Lipinski definition) is 3. The van der Waals surface area contributed by atoms with E-state index in [4.69, 9.17) is 4.42 Å². The number of para-hydroxylation sites is 2. The van der Waals surface area contributed by atoms with Gasteiger partial charge in [0.2, 0.25) is 0 Å². The lowest BCUT2D eigenvalue weighted by Gasteiger charge is -2.28. The van der Waals surface area contributed by atoms with Crippen molar-refractivity contribution in [3.8, 4) is 33.4 Å². The van der Waals surface area contributed by atoms with E-state index in [0.717, 1.165) is 61.1 Å². The third-order valence-corrected chi connectivity index (χ3v) is 13.2. The third-order valence-electron chi connectivity index (χ3n) is 12.0. The Morgan fingerprint density at radius 1 is 0.475 bits per heavy atom. The quantitative estimate of drug-likeness (QED) is 0.142. The van der Waals surface area contributed by atoms with Crippen molar-refractivity contribution in [2.45, 2.75) is 13.8 Å². The summed E-state index contributed by atoms with van der Waals surface area (Å²) in [6, 6.07) is 70.4. The highest BCUT2D eigenvalue weighted by Crippen LogP contribution is 2.49. The Bertz CT molecular complexity index is 3490. The van der Waals surface area contributed by atoms with E-state index in [1.54, 1.807) is 0 Å². The van der Waals surface area contributed by atoms with Gasteiger partial charge < -0.3 is 9.32 Å². The van der Waals surface area contributed by atoms with E-state index in [2.05, 4.69) is 231 Å². The first-order valence-corrected chi connectivity index (χ1v) is 21.7. The van der Waals surface area contributed by atoms with Gasteiger partial charge in [-0.1, -0.05) is 170 Å². The van der Waals surface area contributed by atoms with Crippen molar-refractivity contribution >= 4 is 86.9 Å². The molecule has 0 saturated heterocycles. The fourth-order valence-electron chi connectivity index (χ4n) is 9.11. The average molecular weight is 800 g/mol. The van der Waals surface area contributed by atoms with E-state index in [9.17, 15) is 0 Å². The Morgan fingerprint density at radius 3 is 2.00 bits per heavy atom. The van der Waals surface area contributed by atoms with Crippen LogP contribution >= 0.6 is 11.3 Å². The van der Waals surface area contributed by atoms with E-state index < -0.39 is 0 Å². The predicted octanol–water partition coefficient (Wildman–Crippen LogP) is 17.6. The van der Waals surface area contributed by atoms with Gasteiger partial charge in [-0.15, -0.1) is 11.3 Å². The first kappa shape index (κ1) is 36.6. The van der Waals surface area contributed by atoms with Gasteiger partial charge in [-0.05, 0) is 95.1 Å². The lowest BCUT2D eigenvalue weighted by atomic mass is 9.90. The molecule has 0 atom stereocenters. The molecule has 2 aromatic heterocycles. The van der Waals surface area contributed by atoms with Crippen LogP contribution in [0.1, 0.15) is 19.4 Å². The van der Waals surface area contributed by atoms with Crippen molar-refractivity contribution in [3.05, 3.63) is 218 Å². The topological polar surface area (TPSA) is 16.4 Å². The van der Waals surface area contributed by atoms with E-state index in [-0.39, 0.29) is 0 Å². The van der Waals surface area contributed by atoms with E-state index >= 15 is 0 Å². The standard InChI is InChI=1S/C58H41NOS/c1-3-16-38(4-2)44-35-32-42(37-52(44)40-17-6-5-7-18-40)39-29-33-43(34-30-39)59(54-27-15-25-51-47-22-11-13-28-55(47)61-58(51)54)53-26-12-10-21-46(53)48-23-14-24-49-50-36-31-41-19-8-9-20-45(41)56(50)60-57(48)49/h3-37H,1-2H3/b16-3-,38-4+. The maximum atomic E-state index is 6.93. The molecule has 0 saturated carbocycles. The van der Waals surface area contributed by atoms with E-state index in [1.165, 1.54) is 53.4 Å². The Morgan fingerprint density at radius 2 is 1.15 bits per heavy atom. The second kappa shape index (κ2) is 15.3. The zero-order valence-electron chi connectivity index (χ0n) is 34.0. The molecule has 0 unspecified atom stereocenters. The molecule has 61 heavy (non-hydrogen) atoms. The number of benzene rings is 9. The van der Waals surface area contributed by atoms with Crippen LogP contribution in [0.5, 0.6) is 0 Å². The van der Waals surface area contributed by atoms with Crippen LogP contribution in [0, 0.1) is 0 Å². The largest absolute Gasteiger partial charge is 0.455 e. The average Bonchev–Trinajstić information content (AvgIpc) is 3.91. The number of anilines is 3. The van der Waals surface area contributed by atoms with Crippen LogP contribution in [0.2, 0.25) is 0 Å². The Kier molecular flexibility index (Phi) is 9.18. The molecule has 0 bridgehead atoms. The molecule has 0 fully saturated rings. The summed E-state index contributed by atoms with van der Waals surface area (Å²) in [5, 5.41) is 7.08. The van der Waals surface area contributed by atoms with Crippen molar-refractivity contribution in [1.29, 1.82) is 0 Å². The maximum Gasteiger partial charge on any atom is 0.143 e. The van der Waals surface area contributed by atoms with Crippen molar-refractivity contribution < 1.29 is 4.42 Å². The van der Waals surface area contributed by atoms with Crippen LogP contribution in [0.3, 0.4) is 0 Å². The minimum atomic E-state index is 0.893. The zero-order valence-corrected chi connectivity index (χ0v) is 34.8. The predicted molar refractivity (Wildman–Crippen MR) is 264 cm³/mol. The molecule has 0 amide bonds. The summed E-state index contributed by atoms with van der Waals surface area (Å²) in [5.41, 5.74) is 14.5. The van der Waals surface area contributed by atoms with Gasteiger partial charge in [0.15, 0.2) is 0 Å². The summed E-state index contributed by atoms with van der Waals surface area (Å²) in [5.74, 6) is 0. The molecule has 290 valence electrons. The van der Waals surface area contributed by atoms with Crippen molar-refractivity contribution in [1.82, 2.24) is 0 Å². The normalized spacial score (nSPS) is 12.1. The lowest BCUT2D eigenvalue weighted by molar-refractivity contribution is 0.674. The molecule has 2 heterocycles. The second-order valence-electron chi connectivity index (χ2n) is 15.5. The molecule has 0 aliphatic heterocycles. The van der Waals surface area contributed by atoms with Gasteiger partial charge >= 0.3 is 0 Å². The molecule has 0 radical (unpaired) electrons. The van der Waals surface area contributed by atoms with Gasteiger partial charge in [0.05, 0.1) is 16.1 Å². The molecule has 0 aliphatic rings. The lowest BCUT2D eigenvalue weighted by Crippen LogP contribution is -2.11. The Hall–Kier alpha value is -7.46. The Balaban J connectivity index is 1.10. The zero-order chi connectivity index (χ0) is 40.9. The van der Waals surface area contributed by atoms with Gasteiger partial charge in [-0.25, -0.2) is 0 Å². The number of fused-ring (bicyclic) bond motifs is 8. The molecule has 0 N–H and O–H groups in total. The molecule has 3 heteroatoms. The highest BCUT2D eigenvalue weighted by Gasteiger charge is 2.23. The highest BCUT2D eigenvalue weighted by atomic mass is 32.1. The number of furan rings is 1. The van der Waals surface area contributed by atoms with Gasteiger partial charge in [0.1, 0.15) is 11.2 Å². The van der Waals surface area contributed by atoms with Crippen LogP contribution in [0.25, 0.3) is 91.8 Å². The summed E-state index contributed by atoms with van der Waals surface area (Å²) in [7, 11) is 0. The number of rotatable bonds is 8. The van der Waals surface area contributed by atoms with E-state index in [1.807, 2.05) is 11.3 Å². The van der Waals surface area contributed by atoms with Crippen LogP contribution in [0.15, 0.2) is 217 Å². The molecule has 2 nitrogen and oxygen atoms in total. The minimum Gasteiger partial charge on any atom is -0.455 e. The van der Waals surface area contributed by atoms with Crippen molar-refractivity contribution in [3.63, 3.8) is 0 Å². The van der Waals surface area contributed by atoms with E-state index in [0.29, 0.717) is 0 Å². The van der Waals surface area contributed by atoms with Gasteiger partial charge in [-0.2, -0.15) is 0 Å². The van der Waals surface area contributed by atoms with Gasteiger partial charge in [0.25, 0.3) is 0 Å². The highest BCUT2D eigenvalue weighted by molar-refractivity contribution is 7.26. The minimum absolute atomic E-state index is 0.893. The van der Waals surface area contributed by atoms with Gasteiger partial charge in [-0.3, -0.25) is 0 Å². The molecule has 0 aliphatic carbocycles. The number of thiophene rings is 1. The molecular weight excluding hydrogens is 759 g/mol. The summed E-state index contributed by atoms with van der Waals surface area (Å²) in [6.45, 7) is 4.18. The van der Waals surface area contributed by atoms with Crippen LogP contribution in [-0.2, 0) is 0 Å². The third kappa shape index (κ3) is 6.25. The SMILES string of the molecule is C/C=C\C(=C/C)c1ccc(-c2ccc(N(c3ccccc3-c3cccc4c3oc3c5ccccc5ccc43)c3cccc4c3sc3ccccc34)cc2)cc1-c1ccccc1. The number of allylic oxidation sites excluding steroid dienone is 4. The molecule has 11 rings (SSSR count). The maximum absolute atomic E-state index is 6.93. The molecule has 9 aromatic carbocycles. The molecular formula is C58H41NOS. The van der Waals surface area contributed by atoms with Crippen LogP contribution in [0.4, 0.5) is 17.1 Å². The summed E-state index contributed by atoms with van der Waals surface area (Å²) in [4.78, 5) is 2.45. The molecule has 0 spiro atoms. The van der Waals surface area contributed by atoms with Gasteiger partial charge in [0, 0.05) is 48.4 Å². The fourth-order valence-corrected chi connectivity index (χ4v) is 10.3. The summed E-state index contributed by atoms with van der Waals surface area (Å²) >= 11 is 1.85. The smallest absolute Gasteiger partial charge is 0.143 e. The monoisotopic (exact) mass is 799 g/mol. The Labute approximate surface area is 359 Å². The summed E-state index contributed by atoms with van der Waals surface area (Å²) in [6.07, 6.45) is 6.49. The molecule has 11 aromatic rings. The first-order valence-electron chi connectivity index (χ1n) is 20.9. The van der Waals surface area contributed by atoms with Crippen molar-refractivity contribution in [2.24, 2.45) is 0 Å². The van der Waals surface area contributed by atoms with Crippen molar-refractivity contribution in [2.75, 3.05) is 4.90 Å². The first-order chi connectivity index (χ1) is 30.2.